The minimum Gasteiger partial charge on any atom is -0.142 e. The molecule has 1 heterocycles. The Morgan fingerprint density at radius 1 is 1.50 bits per heavy atom. The molecular formula is C10H7S2. The van der Waals surface area contributed by atoms with E-state index in [9.17, 15) is 0 Å². The maximum absolute atomic E-state index is 5.24. The first-order valence-corrected chi connectivity index (χ1v) is 5.02. The zero-order chi connectivity index (χ0) is 8.39. The monoisotopic (exact) mass is 191 g/mol. The Hall–Kier alpha value is -0.730. The molecule has 0 aliphatic heterocycles. The average molecular weight is 191 g/mol. The van der Waals surface area contributed by atoms with E-state index in [1.54, 1.807) is 11.3 Å². The highest BCUT2D eigenvalue weighted by Gasteiger charge is 2.08. The summed E-state index contributed by atoms with van der Waals surface area (Å²) < 4.78 is 0. The van der Waals surface area contributed by atoms with Gasteiger partial charge in [0, 0.05) is 16.8 Å². The molecule has 12 heavy (non-hydrogen) atoms. The molecular weight excluding hydrogens is 184 g/mol. The summed E-state index contributed by atoms with van der Waals surface area (Å²) >= 11 is 6.83. The van der Waals surface area contributed by atoms with Crippen molar-refractivity contribution in [2.45, 2.75) is 6.42 Å². The van der Waals surface area contributed by atoms with Crippen molar-refractivity contribution in [1.82, 2.24) is 0 Å². The van der Waals surface area contributed by atoms with Crippen molar-refractivity contribution in [2.75, 3.05) is 0 Å². The topological polar surface area (TPSA) is 0 Å². The minimum atomic E-state index is 0.894. The molecule has 0 amide bonds. The van der Waals surface area contributed by atoms with E-state index >= 15 is 0 Å². The van der Waals surface area contributed by atoms with E-state index in [-0.39, 0.29) is 0 Å². The third-order valence-electron chi connectivity index (χ3n) is 1.76. The Labute approximate surface area is 81.2 Å². The number of thiocarbonyl (C=S) groups is 1. The van der Waals surface area contributed by atoms with Crippen molar-refractivity contribution in [3.05, 3.63) is 40.6 Å². The highest BCUT2D eigenvalue weighted by molar-refractivity contribution is 7.81. The standard InChI is InChI=1S/C10H7S2/c11-10-4-2-1-3-9(10)8-5-6-12-7-8/h1-3,5-6H,4H2. The predicted molar refractivity (Wildman–Crippen MR) is 57.5 cm³/mol. The molecule has 0 atom stereocenters. The lowest BCUT2D eigenvalue weighted by molar-refractivity contribution is 1.50. The molecule has 59 valence electrons. The Bertz CT molecular complexity index is 342. The zero-order valence-electron chi connectivity index (χ0n) is 6.41. The number of thiophene rings is 1. The van der Waals surface area contributed by atoms with Crippen LogP contribution in [0.3, 0.4) is 0 Å². The van der Waals surface area contributed by atoms with Gasteiger partial charge >= 0.3 is 0 Å². The highest BCUT2D eigenvalue weighted by atomic mass is 32.1. The lowest BCUT2D eigenvalue weighted by Crippen LogP contribution is -1.99. The third kappa shape index (κ3) is 1.40. The summed E-state index contributed by atoms with van der Waals surface area (Å²) in [6.07, 6.45) is 7.09. The van der Waals surface area contributed by atoms with Crippen LogP contribution in [0.2, 0.25) is 0 Å². The minimum absolute atomic E-state index is 0.894. The first kappa shape index (κ1) is 7.90. The highest BCUT2D eigenvalue weighted by Crippen LogP contribution is 2.22. The lowest BCUT2D eigenvalue weighted by atomic mass is 10.00. The molecule has 2 rings (SSSR count). The fraction of sp³-hybridized carbons (Fsp3) is 0.100. The molecule has 0 saturated carbocycles. The van der Waals surface area contributed by atoms with Crippen molar-refractivity contribution in [3.8, 4) is 0 Å². The first-order chi connectivity index (χ1) is 5.88. The first-order valence-electron chi connectivity index (χ1n) is 3.73. The molecule has 0 aromatic carbocycles. The maximum atomic E-state index is 5.24. The van der Waals surface area contributed by atoms with Crippen LogP contribution in [-0.2, 0) is 0 Å². The summed E-state index contributed by atoms with van der Waals surface area (Å²) in [5.74, 6) is 0. The van der Waals surface area contributed by atoms with Gasteiger partial charge in [0.1, 0.15) is 0 Å². The SMILES string of the molecule is S=C1CC=CC=C1c1[c]scc1. The van der Waals surface area contributed by atoms with E-state index in [0.29, 0.717) is 0 Å². The summed E-state index contributed by atoms with van der Waals surface area (Å²) in [6, 6.07) is 2.06. The van der Waals surface area contributed by atoms with E-state index < -0.39 is 0 Å². The molecule has 0 spiro atoms. The van der Waals surface area contributed by atoms with Crippen LogP contribution in [0.15, 0.2) is 29.7 Å². The van der Waals surface area contributed by atoms with Crippen LogP contribution in [0.25, 0.3) is 5.57 Å². The summed E-state index contributed by atoms with van der Waals surface area (Å²) in [5, 5.41) is 5.21. The number of allylic oxidation sites excluding steroid dienone is 4. The largest absolute Gasteiger partial charge is 0.142 e. The third-order valence-corrected chi connectivity index (χ3v) is 2.76. The molecule has 1 radical (unpaired) electrons. The van der Waals surface area contributed by atoms with Gasteiger partial charge in [0.2, 0.25) is 0 Å². The van der Waals surface area contributed by atoms with Crippen LogP contribution in [0.1, 0.15) is 12.0 Å². The fourth-order valence-electron chi connectivity index (χ4n) is 1.16. The van der Waals surface area contributed by atoms with Gasteiger partial charge in [0.25, 0.3) is 0 Å². The number of rotatable bonds is 1. The zero-order valence-corrected chi connectivity index (χ0v) is 8.04. The van der Waals surface area contributed by atoms with Gasteiger partial charge in [-0.05, 0) is 17.0 Å². The summed E-state index contributed by atoms with van der Waals surface area (Å²) in [4.78, 5) is 1.02. The fourth-order valence-corrected chi connectivity index (χ4v) is 2.01. The normalized spacial score (nSPS) is 16.3. The van der Waals surface area contributed by atoms with Crippen LogP contribution in [-0.4, -0.2) is 4.86 Å². The average Bonchev–Trinajstić information content (AvgIpc) is 2.57. The Kier molecular flexibility index (Phi) is 2.19. The molecule has 1 aliphatic carbocycles. The molecule has 1 aliphatic rings. The van der Waals surface area contributed by atoms with Crippen molar-refractivity contribution < 1.29 is 0 Å². The van der Waals surface area contributed by atoms with Crippen molar-refractivity contribution in [1.29, 1.82) is 0 Å². The van der Waals surface area contributed by atoms with Gasteiger partial charge in [-0.3, -0.25) is 0 Å². The summed E-state index contributed by atoms with van der Waals surface area (Å²) in [6.45, 7) is 0. The Morgan fingerprint density at radius 3 is 3.08 bits per heavy atom. The van der Waals surface area contributed by atoms with E-state index in [1.807, 2.05) is 5.38 Å². The van der Waals surface area contributed by atoms with Crippen LogP contribution in [0, 0.1) is 5.38 Å². The second-order valence-electron chi connectivity index (χ2n) is 2.57. The van der Waals surface area contributed by atoms with Gasteiger partial charge in [0.05, 0.1) is 5.38 Å². The summed E-state index contributed by atoms with van der Waals surface area (Å²) in [7, 11) is 0. The van der Waals surface area contributed by atoms with Crippen LogP contribution < -0.4 is 0 Å². The molecule has 2 heteroatoms. The molecule has 1 aromatic rings. The van der Waals surface area contributed by atoms with Gasteiger partial charge in [-0.1, -0.05) is 30.4 Å². The van der Waals surface area contributed by atoms with E-state index in [2.05, 4.69) is 29.7 Å². The van der Waals surface area contributed by atoms with Gasteiger partial charge in [0.15, 0.2) is 0 Å². The van der Waals surface area contributed by atoms with Crippen molar-refractivity contribution >= 4 is 34.0 Å². The van der Waals surface area contributed by atoms with E-state index in [0.717, 1.165) is 22.4 Å². The quantitative estimate of drug-likeness (QED) is 0.614. The molecule has 0 fully saturated rings. The number of hydrogen-bond donors (Lipinski definition) is 0. The summed E-state index contributed by atoms with van der Waals surface area (Å²) in [5.41, 5.74) is 2.29. The predicted octanol–water partition coefficient (Wildman–Crippen LogP) is 3.26. The van der Waals surface area contributed by atoms with Crippen LogP contribution >= 0.6 is 23.6 Å². The molecule has 1 aromatic heterocycles. The maximum Gasteiger partial charge on any atom is 0.0527 e. The van der Waals surface area contributed by atoms with Crippen molar-refractivity contribution in [3.63, 3.8) is 0 Å². The second kappa shape index (κ2) is 3.33. The molecule has 0 bridgehead atoms. The van der Waals surface area contributed by atoms with Crippen LogP contribution in [0.5, 0.6) is 0 Å². The van der Waals surface area contributed by atoms with E-state index in [1.165, 1.54) is 0 Å². The van der Waals surface area contributed by atoms with Gasteiger partial charge in [-0.25, -0.2) is 0 Å². The van der Waals surface area contributed by atoms with Crippen molar-refractivity contribution in [2.24, 2.45) is 0 Å². The Morgan fingerprint density at radius 2 is 2.42 bits per heavy atom. The van der Waals surface area contributed by atoms with Gasteiger partial charge in [-0.15, -0.1) is 11.3 Å². The van der Waals surface area contributed by atoms with Gasteiger partial charge < -0.3 is 0 Å². The van der Waals surface area contributed by atoms with Crippen LogP contribution in [0.4, 0.5) is 0 Å². The van der Waals surface area contributed by atoms with Gasteiger partial charge in [-0.2, -0.15) is 0 Å². The molecule has 0 N–H and O–H groups in total. The smallest absolute Gasteiger partial charge is 0.0527 e. The van der Waals surface area contributed by atoms with E-state index in [4.69, 9.17) is 12.2 Å². The molecule has 0 nitrogen and oxygen atoms in total. The second-order valence-corrected chi connectivity index (χ2v) is 3.78. The molecule has 0 unspecified atom stereocenters. The lowest BCUT2D eigenvalue weighted by Gasteiger charge is -2.07. The Balaban J connectivity index is 2.40. The number of hydrogen-bond acceptors (Lipinski definition) is 2. The molecule has 0 saturated heterocycles.